The zero-order valence-corrected chi connectivity index (χ0v) is 15.5. The monoisotopic (exact) mass is 364 g/mol. The van der Waals surface area contributed by atoms with Crippen molar-refractivity contribution in [1.29, 1.82) is 0 Å². The highest BCUT2D eigenvalue weighted by atomic mass is 32.2. The third kappa shape index (κ3) is 3.98. The Morgan fingerprint density at radius 2 is 1.96 bits per heavy atom. The van der Waals surface area contributed by atoms with Crippen LogP contribution in [0.25, 0.3) is 11.3 Å². The average molecular weight is 365 g/mol. The quantitative estimate of drug-likeness (QED) is 0.729. The molecule has 128 valence electrons. The third-order valence-electron chi connectivity index (χ3n) is 4.42. The summed E-state index contributed by atoms with van der Waals surface area (Å²) in [6, 6.07) is 6.97. The van der Waals surface area contributed by atoms with Crippen molar-refractivity contribution in [3.05, 3.63) is 35.5 Å². The van der Waals surface area contributed by atoms with E-state index in [-0.39, 0.29) is 11.7 Å². The molecule has 2 unspecified atom stereocenters. The summed E-state index contributed by atoms with van der Waals surface area (Å²) < 4.78 is 13.9. The fourth-order valence-corrected chi connectivity index (χ4v) is 4.89. The van der Waals surface area contributed by atoms with Crippen LogP contribution in [0.2, 0.25) is 0 Å². The molecule has 1 aromatic heterocycles. The summed E-state index contributed by atoms with van der Waals surface area (Å²) in [5.41, 5.74) is 1.72. The highest BCUT2D eigenvalue weighted by Crippen LogP contribution is 2.30. The Bertz CT molecular complexity index is 691. The van der Waals surface area contributed by atoms with Crippen LogP contribution in [0, 0.1) is 5.82 Å². The second-order valence-corrected chi connectivity index (χ2v) is 8.30. The van der Waals surface area contributed by atoms with E-state index >= 15 is 0 Å². The number of rotatable bonds is 4. The van der Waals surface area contributed by atoms with Crippen LogP contribution >= 0.6 is 23.1 Å². The number of nitrogens with zero attached hydrogens (tertiary/aromatic N) is 2. The number of amides is 1. The molecule has 6 heteroatoms. The molecule has 2 heterocycles. The van der Waals surface area contributed by atoms with Gasteiger partial charge >= 0.3 is 0 Å². The summed E-state index contributed by atoms with van der Waals surface area (Å²) in [5.74, 6) is 0.364. The molecule has 0 N–H and O–H groups in total. The maximum absolute atomic E-state index is 13.0. The van der Waals surface area contributed by atoms with Gasteiger partial charge in [0.2, 0.25) is 5.91 Å². The third-order valence-corrected chi connectivity index (χ3v) is 6.43. The van der Waals surface area contributed by atoms with Gasteiger partial charge in [-0.15, -0.1) is 11.3 Å². The summed E-state index contributed by atoms with van der Waals surface area (Å²) in [6.45, 7) is 4.27. The molecule has 2 aromatic rings. The lowest BCUT2D eigenvalue weighted by atomic mass is 9.98. The van der Waals surface area contributed by atoms with Crippen LogP contribution in [-0.4, -0.2) is 33.6 Å². The van der Waals surface area contributed by atoms with E-state index in [1.165, 1.54) is 41.7 Å². The molecule has 1 fully saturated rings. The second kappa shape index (κ2) is 7.66. The van der Waals surface area contributed by atoms with Gasteiger partial charge in [0.25, 0.3) is 0 Å². The summed E-state index contributed by atoms with van der Waals surface area (Å²) in [6.07, 6.45) is 3.38. The van der Waals surface area contributed by atoms with Crippen LogP contribution in [-0.2, 0) is 4.79 Å². The minimum atomic E-state index is -0.251. The lowest BCUT2D eigenvalue weighted by Gasteiger charge is -2.39. The number of benzene rings is 1. The van der Waals surface area contributed by atoms with Crippen molar-refractivity contribution in [1.82, 2.24) is 9.88 Å². The van der Waals surface area contributed by atoms with Gasteiger partial charge < -0.3 is 4.90 Å². The molecule has 0 bridgehead atoms. The molecule has 3 nitrogen and oxygen atoms in total. The van der Waals surface area contributed by atoms with Gasteiger partial charge in [0, 0.05) is 23.0 Å². The number of carbonyl (C=O) groups excluding carboxylic acids is 1. The Hall–Kier alpha value is -1.40. The van der Waals surface area contributed by atoms with Gasteiger partial charge in [-0.25, -0.2) is 9.37 Å². The molecule has 3 rings (SSSR count). The van der Waals surface area contributed by atoms with E-state index in [0.717, 1.165) is 28.4 Å². The van der Waals surface area contributed by atoms with Gasteiger partial charge in [-0.3, -0.25) is 4.79 Å². The Morgan fingerprint density at radius 1 is 1.29 bits per heavy atom. The number of hydrogen-bond donors (Lipinski definition) is 0. The van der Waals surface area contributed by atoms with Crippen molar-refractivity contribution in [2.75, 3.05) is 5.75 Å². The molecule has 0 aliphatic carbocycles. The molecule has 24 heavy (non-hydrogen) atoms. The second-order valence-electron chi connectivity index (χ2n) is 6.22. The van der Waals surface area contributed by atoms with E-state index in [2.05, 4.69) is 18.8 Å². The van der Waals surface area contributed by atoms with E-state index in [4.69, 9.17) is 0 Å². The molecule has 0 radical (unpaired) electrons. The van der Waals surface area contributed by atoms with Crippen molar-refractivity contribution in [2.45, 2.75) is 49.5 Å². The van der Waals surface area contributed by atoms with E-state index in [1.807, 2.05) is 10.3 Å². The van der Waals surface area contributed by atoms with E-state index in [0.29, 0.717) is 17.8 Å². The minimum Gasteiger partial charge on any atom is -0.337 e. The zero-order chi connectivity index (χ0) is 17.1. The number of likely N-dealkylation sites (tertiary alicyclic amines) is 1. The summed E-state index contributed by atoms with van der Waals surface area (Å²) in [7, 11) is 0. The summed E-state index contributed by atoms with van der Waals surface area (Å²) >= 11 is 3.01. The lowest BCUT2D eigenvalue weighted by molar-refractivity contribution is -0.134. The van der Waals surface area contributed by atoms with E-state index < -0.39 is 0 Å². The Kier molecular flexibility index (Phi) is 5.56. The van der Waals surface area contributed by atoms with Crippen molar-refractivity contribution < 1.29 is 9.18 Å². The zero-order valence-electron chi connectivity index (χ0n) is 13.9. The number of thioether (sulfide) groups is 1. The molecule has 1 aliphatic rings. The van der Waals surface area contributed by atoms with Gasteiger partial charge in [0.05, 0.1) is 11.4 Å². The van der Waals surface area contributed by atoms with Gasteiger partial charge in [-0.05, 0) is 57.4 Å². The fourth-order valence-electron chi connectivity index (χ4n) is 3.19. The number of piperidine rings is 1. The number of thiazole rings is 1. The first-order valence-corrected chi connectivity index (χ1v) is 10.1. The largest absolute Gasteiger partial charge is 0.337 e. The summed E-state index contributed by atoms with van der Waals surface area (Å²) in [5, 5.41) is 1.95. The van der Waals surface area contributed by atoms with Crippen LogP contribution in [0.3, 0.4) is 0 Å². The minimum absolute atomic E-state index is 0.193. The fraction of sp³-hybridized carbons (Fsp3) is 0.444. The van der Waals surface area contributed by atoms with Crippen LogP contribution in [0.4, 0.5) is 4.39 Å². The number of halogens is 1. The standard InChI is InChI=1S/C18H21FN2OS2/c1-12-4-3-5-13(2)21(12)17(22)11-24-18-20-16(10-23-18)14-6-8-15(19)9-7-14/h6-10,12-13H,3-5,11H2,1-2H3. The predicted molar refractivity (Wildman–Crippen MR) is 97.9 cm³/mol. The molecule has 0 spiro atoms. The van der Waals surface area contributed by atoms with Crippen molar-refractivity contribution in [3.63, 3.8) is 0 Å². The Balaban J connectivity index is 1.61. The first-order chi connectivity index (χ1) is 11.5. The van der Waals surface area contributed by atoms with Gasteiger partial charge in [-0.1, -0.05) is 11.8 Å². The van der Waals surface area contributed by atoms with Crippen LogP contribution in [0.5, 0.6) is 0 Å². The first kappa shape index (κ1) is 17.4. The van der Waals surface area contributed by atoms with E-state index in [9.17, 15) is 9.18 Å². The molecule has 1 saturated heterocycles. The smallest absolute Gasteiger partial charge is 0.233 e. The average Bonchev–Trinajstić information content (AvgIpc) is 3.02. The molecular weight excluding hydrogens is 343 g/mol. The van der Waals surface area contributed by atoms with Gasteiger partial charge in [0.15, 0.2) is 4.34 Å². The van der Waals surface area contributed by atoms with Crippen molar-refractivity contribution in [2.24, 2.45) is 0 Å². The SMILES string of the molecule is CC1CCCC(C)N1C(=O)CSc1nc(-c2ccc(F)cc2)cs1. The molecule has 1 amide bonds. The molecule has 1 aromatic carbocycles. The summed E-state index contributed by atoms with van der Waals surface area (Å²) in [4.78, 5) is 19.1. The first-order valence-electron chi connectivity index (χ1n) is 8.20. The number of carbonyl (C=O) groups is 1. The van der Waals surface area contributed by atoms with Crippen LogP contribution in [0.1, 0.15) is 33.1 Å². The predicted octanol–water partition coefficient (Wildman–Crippen LogP) is 4.83. The lowest BCUT2D eigenvalue weighted by Crippen LogP contribution is -2.48. The van der Waals surface area contributed by atoms with Crippen molar-refractivity contribution >= 4 is 29.0 Å². The number of hydrogen-bond acceptors (Lipinski definition) is 4. The van der Waals surface area contributed by atoms with Gasteiger partial charge in [-0.2, -0.15) is 0 Å². The molecular formula is C18H21FN2OS2. The maximum Gasteiger partial charge on any atom is 0.233 e. The Morgan fingerprint density at radius 3 is 2.62 bits per heavy atom. The van der Waals surface area contributed by atoms with Crippen molar-refractivity contribution in [3.8, 4) is 11.3 Å². The van der Waals surface area contributed by atoms with E-state index in [1.54, 1.807) is 12.1 Å². The Labute approximate surface area is 150 Å². The highest BCUT2D eigenvalue weighted by molar-refractivity contribution is 8.01. The van der Waals surface area contributed by atoms with Crippen LogP contribution < -0.4 is 0 Å². The molecule has 1 aliphatic heterocycles. The molecule has 2 atom stereocenters. The molecule has 0 saturated carbocycles. The highest BCUT2D eigenvalue weighted by Gasteiger charge is 2.28. The maximum atomic E-state index is 13.0. The number of aromatic nitrogens is 1. The topological polar surface area (TPSA) is 33.2 Å². The van der Waals surface area contributed by atoms with Gasteiger partial charge in [0.1, 0.15) is 5.82 Å². The normalized spacial score (nSPS) is 21.0. The van der Waals surface area contributed by atoms with Crippen LogP contribution in [0.15, 0.2) is 34.0 Å².